The first-order valence-corrected chi connectivity index (χ1v) is 5.68. The predicted molar refractivity (Wildman–Crippen MR) is 67.6 cm³/mol. The molecule has 18 heavy (non-hydrogen) atoms. The Labute approximate surface area is 109 Å². The smallest absolute Gasteiger partial charge is 0.137 e. The summed E-state index contributed by atoms with van der Waals surface area (Å²) in [5.41, 5.74) is 8.61. The first-order chi connectivity index (χ1) is 8.60. The van der Waals surface area contributed by atoms with Crippen molar-refractivity contribution in [3.05, 3.63) is 39.2 Å². The molecule has 0 saturated heterocycles. The van der Waals surface area contributed by atoms with Crippen molar-refractivity contribution in [2.24, 2.45) is 5.11 Å². The molecule has 0 fully saturated rings. The standard InChI is InChI=1S/C11H14ClN3O3/c1-18-10-6-7(2-3-8(10)12)11(17)9(16)4-5-14-15-13/h2-3,6,9,11,16-17H,4-5H2,1H3. The molecule has 0 aliphatic rings. The number of hydrogen-bond acceptors (Lipinski definition) is 4. The van der Waals surface area contributed by atoms with Crippen molar-refractivity contribution in [3.8, 4) is 5.75 Å². The van der Waals surface area contributed by atoms with Gasteiger partial charge in [0.15, 0.2) is 0 Å². The molecule has 2 N–H and O–H groups in total. The van der Waals surface area contributed by atoms with Crippen molar-refractivity contribution >= 4 is 11.6 Å². The summed E-state index contributed by atoms with van der Waals surface area (Å²) in [4.78, 5) is 2.57. The Morgan fingerprint density at radius 2 is 2.22 bits per heavy atom. The summed E-state index contributed by atoms with van der Waals surface area (Å²) in [7, 11) is 1.47. The quantitative estimate of drug-likeness (QED) is 0.472. The maximum absolute atomic E-state index is 9.92. The Kier molecular flexibility index (Phi) is 5.74. The van der Waals surface area contributed by atoms with Crippen LogP contribution in [0.25, 0.3) is 10.4 Å². The fourth-order valence-electron chi connectivity index (χ4n) is 1.48. The molecule has 0 heterocycles. The molecule has 0 spiro atoms. The van der Waals surface area contributed by atoms with E-state index in [1.165, 1.54) is 7.11 Å². The Balaban J connectivity index is 2.76. The SMILES string of the molecule is COc1cc(C(O)C(O)CCN=[N+]=[N-])ccc1Cl. The van der Waals surface area contributed by atoms with Crippen molar-refractivity contribution in [1.82, 2.24) is 0 Å². The fourth-order valence-corrected chi connectivity index (χ4v) is 1.67. The van der Waals surface area contributed by atoms with Gasteiger partial charge in [-0.3, -0.25) is 0 Å². The number of aliphatic hydroxyl groups is 2. The van der Waals surface area contributed by atoms with Crippen LogP contribution in [0, 0.1) is 0 Å². The van der Waals surface area contributed by atoms with Crippen LogP contribution in [0.1, 0.15) is 18.1 Å². The number of azide groups is 1. The number of rotatable bonds is 6. The summed E-state index contributed by atoms with van der Waals surface area (Å²) in [6.07, 6.45) is -1.91. The second-order valence-corrected chi connectivity index (χ2v) is 4.06. The zero-order valence-corrected chi connectivity index (χ0v) is 10.6. The third kappa shape index (κ3) is 3.78. The molecule has 6 nitrogen and oxygen atoms in total. The van der Waals surface area contributed by atoms with Crippen LogP contribution in [0.5, 0.6) is 5.75 Å². The minimum absolute atomic E-state index is 0.124. The van der Waals surface area contributed by atoms with Crippen molar-refractivity contribution in [2.75, 3.05) is 13.7 Å². The van der Waals surface area contributed by atoms with Gasteiger partial charge >= 0.3 is 0 Å². The van der Waals surface area contributed by atoms with Crippen LogP contribution in [0.2, 0.25) is 5.02 Å². The van der Waals surface area contributed by atoms with Crippen LogP contribution in [0.15, 0.2) is 23.3 Å². The Morgan fingerprint density at radius 1 is 1.50 bits per heavy atom. The zero-order chi connectivity index (χ0) is 13.5. The zero-order valence-electron chi connectivity index (χ0n) is 9.82. The Bertz CT molecular complexity index is 449. The van der Waals surface area contributed by atoms with E-state index in [0.29, 0.717) is 16.3 Å². The molecule has 0 radical (unpaired) electrons. The molecule has 1 aromatic carbocycles. The highest BCUT2D eigenvalue weighted by Gasteiger charge is 2.18. The van der Waals surface area contributed by atoms with Gasteiger partial charge in [-0.1, -0.05) is 22.8 Å². The number of aliphatic hydroxyl groups excluding tert-OH is 2. The van der Waals surface area contributed by atoms with Crippen molar-refractivity contribution in [3.63, 3.8) is 0 Å². The van der Waals surface area contributed by atoms with Crippen LogP contribution in [0.3, 0.4) is 0 Å². The lowest BCUT2D eigenvalue weighted by molar-refractivity contribution is 0.0149. The lowest BCUT2D eigenvalue weighted by Gasteiger charge is -2.18. The lowest BCUT2D eigenvalue weighted by Crippen LogP contribution is -2.19. The van der Waals surface area contributed by atoms with Crippen molar-refractivity contribution in [2.45, 2.75) is 18.6 Å². The number of ether oxygens (including phenoxy) is 1. The summed E-state index contributed by atoms with van der Waals surface area (Å²) >= 11 is 5.86. The normalized spacial score (nSPS) is 13.6. The third-order valence-electron chi connectivity index (χ3n) is 2.47. The van der Waals surface area contributed by atoms with Gasteiger partial charge in [0, 0.05) is 11.5 Å². The number of halogens is 1. The minimum atomic E-state index is -1.08. The number of nitrogens with zero attached hydrogens (tertiary/aromatic N) is 3. The molecule has 0 bridgehead atoms. The van der Waals surface area contributed by atoms with Gasteiger partial charge in [0.25, 0.3) is 0 Å². The monoisotopic (exact) mass is 271 g/mol. The second-order valence-electron chi connectivity index (χ2n) is 3.65. The maximum atomic E-state index is 9.92. The molecule has 98 valence electrons. The Hall–Kier alpha value is -1.46. The molecule has 7 heteroatoms. The van der Waals surface area contributed by atoms with Gasteiger partial charge in [-0.15, -0.1) is 0 Å². The first-order valence-electron chi connectivity index (χ1n) is 5.30. The molecule has 0 aliphatic heterocycles. The number of methoxy groups -OCH3 is 1. The molecular formula is C11H14ClN3O3. The van der Waals surface area contributed by atoms with Crippen LogP contribution in [-0.4, -0.2) is 30.0 Å². The molecule has 1 rings (SSSR count). The third-order valence-corrected chi connectivity index (χ3v) is 2.78. The van der Waals surface area contributed by atoms with E-state index in [1.807, 2.05) is 0 Å². The van der Waals surface area contributed by atoms with E-state index in [1.54, 1.807) is 18.2 Å². The highest BCUT2D eigenvalue weighted by atomic mass is 35.5. The van der Waals surface area contributed by atoms with Crippen LogP contribution < -0.4 is 4.74 Å². The fraction of sp³-hybridized carbons (Fsp3) is 0.455. The second kappa shape index (κ2) is 7.08. The van der Waals surface area contributed by atoms with Gasteiger partial charge in [-0.25, -0.2) is 0 Å². The maximum Gasteiger partial charge on any atom is 0.137 e. The summed E-state index contributed by atoms with van der Waals surface area (Å²) in [6.45, 7) is 0.124. The van der Waals surface area contributed by atoms with Gasteiger partial charge in [-0.05, 0) is 29.6 Å². The molecule has 0 aromatic heterocycles. The average molecular weight is 272 g/mol. The first kappa shape index (κ1) is 14.6. The van der Waals surface area contributed by atoms with E-state index in [0.717, 1.165) is 0 Å². The Morgan fingerprint density at radius 3 is 2.83 bits per heavy atom. The van der Waals surface area contributed by atoms with Gasteiger partial charge < -0.3 is 14.9 Å². The van der Waals surface area contributed by atoms with Gasteiger partial charge in [0.2, 0.25) is 0 Å². The molecule has 2 atom stereocenters. The number of hydrogen-bond donors (Lipinski definition) is 2. The summed E-state index contributed by atoms with van der Waals surface area (Å²) < 4.78 is 5.02. The van der Waals surface area contributed by atoms with Crippen LogP contribution in [-0.2, 0) is 0 Å². The van der Waals surface area contributed by atoms with E-state index >= 15 is 0 Å². The van der Waals surface area contributed by atoms with E-state index in [9.17, 15) is 10.2 Å². The lowest BCUT2D eigenvalue weighted by atomic mass is 10.0. The van der Waals surface area contributed by atoms with Gasteiger partial charge in [0.1, 0.15) is 11.9 Å². The topological polar surface area (TPSA) is 98.5 Å². The van der Waals surface area contributed by atoms with Crippen LogP contribution >= 0.6 is 11.6 Å². The van der Waals surface area contributed by atoms with Gasteiger partial charge in [0.05, 0.1) is 18.2 Å². The minimum Gasteiger partial charge on any atom is -0.495 e. The largest absolute Gasteiger partial charge is 0.495 e. The molecule has 0 saturated carbocycles. The van der Waals surface area contributed by atoms with E-state index in [-0.39, 0.29) is 13.0 Å². The molecule has 2 unspecified atom stereocenters. The summed E-state index contributed by atoms with van der Waals surface area (Å²) in [5, 5.41) is 23.4. The van der Waals surface area contributed by atoms with Crippen molar-refractivity contribution < 1.29 is 14.9 Å². The highest BCUT2D eigenvalue weighted by Crippen LogP contribution is 2.29. The van der Waals surface area contributed by atoms with E-state index in [4.69, 9.17) is 21.9 Å². The summed E-state index contributed by atoms with van der Waals surface area (Å²) in [5.74, 6) is 0.426. The summed E-state index contributed by atoms with van der Waals surface area (Å²) in [6, 6.07) is 4.75. The highest BCUT2D eigenvalue weighted by molar-refractivity contribution is 6.32. The molecule has 1 aromatic rings. The molecule has 0 amide bonds. The van der Waals surface area contributed by atoms with Gasteiger partial charge in [-0.2, -0.15) is 0 Å². The number of benzene rings is 1. The predicted octanol–water partition coefficient (Wildman–Crippen LogP) is 2.44. The van der Waals surface area contributed by atoms with E-state index < -0.39 is 12.2 Å². The van der Waals surface area contributed by atoms with Crippen LogP contribution in [0.4, 0.5) is 0 Å². The molecule has 0 aliphatic carbocycles. The molecular weight excluding hydrogens is 258 g/mol. The average Bonchev–Trinajstić information content (AvgIpc) is 2.38. The van der Waals surface area contributed by atoms with E-state index in [2.05, 4.69) is 10.0 Å². The van der Waals surface area contributed by atoms with Crippen molar-refractivity contribution in [1.29, 1.82) is 0 Å².